The van der Waals surface area contributed by atoms with Gasteiger partial charge in [0, 0.05) is 37.1 Å². The minimum absolute atomic E-state index is 0.0429. The van der Waals surface area contributed by atoms with Crippen molar-refractivity contribution in [1.82, 2.24) is 14.8 Å². The topological polar surface area (TPSA) is 81.2 Å². The van der Waals surface area contributed by atoms with Gasteiger partial charge in [-0.05, 0) is 30.3 Å². The minimum atomic E-state index is -0.978. The largest absolute Gasteiger partial charge is 0.490 e. The first kappa shape index (κ1) is 22.5. The zero-order valence-corrected chi connectivity index (χ0v) is 18.5. The number of benzene rings is 1. The molecule has 2 amide bonds. The van der Waals surface area contributed by atoms with Crippen molar-refractivity contribution in [2.24, 2.45) is 0 Å². The molecule has 1 atom stereocenters. The van der Waals surface area contributed by atoms with Crippen molar-refractivity contribution in [3.8, 4) is 5.75 Å². The molecule has 0 spiro atoms. The van der Waals surface area contributed by atoms with Gasteiger partial charge in [-0.15, -0.1) is 0 Å². The van der Waals surface area contributed by atoms with Crippen molar-refractivity contribution in [3.63, 3.8) is 0 Å². The normalized spacial score (nSPS) is 21.3. The molecule has 1 unspecified atom stereocenters. The van der Waals surface area contributed by atoms with Gasteiger partial charge in [0.05, 0.1) is 38.3 Å². The first-order valence-corrected chi connectivity index (χ1v) is 11.0. The third-order valence-corrected chi connectivity index (χ3v) is 5.81. The smallest absolute Gasteiger partial charge is 0.255 e. The first-order valence-electron chi connectivity index (χ1n) is 10.6. The molecule has 9 heteroatoms. The molecule has 8 nitrogen and oxygen atoms in total. The van der Waals surface area contributed by atoms with Gasteiger partial charge in [0.15, 0.2) is 0 Å². The number of carbonyl (C=O) groups excluding carboxylic acids is 2. The Labute approximate surface area is 192 Å². The molecular weight excluding hydrogens is 434 g/mol. The molecule has 32 heavy (non-hydrogen) atoms. The fraction of sp³-hybridized carbons (Fsp3) is 0.435. The van der Waals surface area contributed by atoms with Crippen molar-refractivity contribution < 1.29 is 23.8 Å². The summed E-state index contributed by atoms with van der Waals surface area (Å²) < 4.78 is 17.5. The molecule has 0 aliphatic carbocycles. The Hall–Kier alpha value is -2.68. The molecule has 3 heterocycles. The van der Waals surface area contributed by atoms with Crippen LogP contribution < -0.4 is 4.74 Å². The molecule has 0 bridgehead atoms. The van der Waals surface area contributed by atoms with Gasteiger partial charge in [0.25, 0.3) is 5.91 Å². The van der Waals surface area contributed by atoms with Crippen molar-refractivity contribution in [1.29, 1.82) is 0 Å². The number of pyridine rings is 1. The van der Waals surface area contributed by atoms with E-state index >= 15 is 0 Å². The number of morpholine rings is 2. The summed E-state index contributed by atoms with van der Waals surface area (Å²) in [5.74, 6) is 0.390. The lowest BCUT2D eigenvalue weighted by Gasteiger charge is -2.43. The molecule has 0 saturated carbocycles. The summed E-state index contributed by atoms with van der Waals surface area (Å²) in [7, 11) is 0. The second-order valence-corrected chi connectivity index (χ2v) is 8.35. The van der Waals surface area contributed by atoms with Crippen LogP contribution in [0.5, 0.6) is 5.75 Å². The van der Waals surface area contributed by atoms with Crippen LogP contribution >= 0.6 is 11.6 Å². The summed E-state index contributed by atoms with van der Waals surface area (Å²) in [5, 5.41) is 0.555. The molecular formula is C23H26ClN3O5. The van der Waals surface area contributed by atoms with Gasteiger partial charge in [-0.1, -0.05) is 17.7 Å². The molecule has 2 saturated heterocycles. The highest BCUT2D eigenvalue weighted by Crippen LogP contribution is 2.27. The Morgan fingerprint density at radius 3 is 2.66 bits per heavy atom. The predicted molar refractivity (Wildman–Crippen MR) is 118 cm³/mol. The lowest BCUT2D eigenvalue weighted by Crippen LogP contribution is -2.58. The van der Waals surface area contributed by atoms with E-state index in [1.807, 2.05) is 0 Å². The third-order valence-electron chi connectivity index (χ3n) is 5.58. The van der Waals surface area contributed by atoms with Crippen LogP contribution in [0, 0.1) is 0 Å². The second-order valence-electron chi connectivity index (χ2n) is 7.92. The van der Waals surface area contributed by atoms with E-state index in [0.717, 1.165) is 0 Å². The Bertz CT molecular complexity index is 938. The molecule has 2 fully saturated rings. The summed E-state index contributed by atoms with van der Waals surface area (Å²) in [6, 6.07) is 10.5. The van der Waals surface area contributed by atoms with Crippen molar-refractivity contribution in [2.75, 3.05) is 52.6 Å². The predicted octanol–water partition coefficient (Wildman–Crippen LogP) is 2.27. The van der Waals surface area contributed by atoms with E-state index in [-0.39, 0.29) is 31.4 Å². The highest BCUT2D eigenvalue weighted by molar-refractivity contribution is 6.30. The summed E-state index contributed by atoms with van der Waals surface area (Å²) in [6.45, 7) is 3.20. The summed E-state index contributed by atoms with van der Waals surface area (Å²) >= 11 is 6.08. The summed E-state index contributed by atoms with van der Waals surface area (Å²) in [4.78, 5) is 33.7. The number of hydrogen-bond donors (Lipinski definition) is 0. The molecule has 0 radical (unpaired) electrons. The number of carbonyl (C=O) groups is 2. The van der Waals surface area contributed by atoms with Crippen LogP contribution in [0.4, 0.5) is 0 Å². The fourth-order valence-corrected chi connectivity index (χ4v) is 4.09. The van der Waals surface area contributed by atoms with E-state index in [0.29, 0.717) is 55.8 Å². The van der Waals surface area contributed by atoms with Crippen LogP contribution in [0.3, 0.4) is 0 Å². The maximum absolute atomic E-state index is 13.1. The number of hydrogen-bond acceptors (Lipinski definition) is 6. The molecule has 0 N–H and O–H groups in total. The maximum Gasteiger partial charge on any atom is 0.255 e. The van der Waals surface area contributed by atoms with Crippen LogP contribution in [0.2, 0.25) is 5.02 Å². The average molecular weight is 460 g/mol. The zero-order valence-electron chi connectivity index (χ0n) is 17.7. The first-order chi connectivity index (χ1) is 15.5. The van der Waals surface area contributed by atoms with Gasteiger partial charge in [-0.25, -0.2) is 0 Å². The number of rotatable bonds is 6. The van der Waals surface area contributed by atoms with Gasteiger partial charge in [0.1, 0.15) is 18.0 Å². The van der Waals surface area contributed by atoms with E-state index in [1.165, 1.54) is 0 Å². The number of aromatic nitrogens is 1. The van der Waals surface area contributed by atoms with Crippen molar-refractivity contribution in [2.45, 2.75) is 12.0 Å². The standard InChI is InChI=1S/C23H26ClN3O5/c24-19-4-1-5-20(13-19)31-17-23(14-21(28)26-7-10-30-11-8-26)16-27(9-12-32-23)22(29)18-3-2-6-25-15-18/h1-6,13,15H,7-12,14,16-17H2. The second kappa shape index (κ2) is 10.3. The maximum atomic E-state index is 13.1. The third kappa shape index (κ3) is 5.56. The average Bonchev–Trinajstić information content (AvgIpc) is 2.84. The van der Waals surface area contributed by atoms with E-state index in [2.05, 4.69) is 4.98 Å². The highest BCUT2D eigenvalue weighted by Gasteiger charge is 2.42. The molecule has 2 aliphatic heterocycles. The Balaban J connectivity index is 1.52. The summed E-state index contributed by atoms with van der Waals surface area (Å²) in [5.41, 5.74) is -0.480. The summed E-state index contributed by atoms with van der Waals surface area (Å²) in [6.07, 6.45) is 3.27. The van der Waals surface area contributed by atoms with Gasteiger partial charge in [-0.3, -0.25) is 14.6 Å². The number of amides is 2. The quantitative estimate of drug-likeness (QED) is 0.659. The van der Waals surface area contributed by atoms with Crippen molar-refractivity contribution in [3.05, 3.63) is 59.4 Å². The van der Waals surface area contributed by atoms with Crippen molar-refractivity contribution >= 4 is 23.4 Å². The molecule has 2 aliphatic rings. The van der Waals surface area contributed by atoms with Crippen LogP contribution in [-0.4, -0.2) is 84.8 Å². The van der Waals surface area contributed by atoms with Crippen LogP contribution in [0.25, 0.3) is 0 Å². The SMILES string of the molecule is O=C(CC1(COc2cccc(Cl)c2)CN(C(=O)c2cccnc2)CCO1)N1CCOCC1. The number of ether oxygens (including phenoxy) is 3. The van der Waals surface area contributed by atoms with Gasteiger partial charge >= 0.3 is 0 Å². The van der Waals surface area contributed by atoms with E-state index in [4.69, 9.17) is 25.8 Å². The molecule has 170 valence electrons. The molecule has 1 aromatic carbocycles. The molecule has 2 aromatic rings. The van der Waals surface area contributed by atoms with Gasteiger partial charge < -0.3 is 24.0 Å². The lowest BCUT2D eigenvalue weighted by molar-refractivity contribution is -0.155. The number of nitrogens with zero attached hydrogens (tertiary/aromatic N) is 3. The Morgan fingerprint density at radius 2 is 1.91 bits per heavy atom. The number of halogens is 1. The van der Waals surface area contributed by atoms with E-state index < -0.39 is 5.60 Å². The van der Waals surface area contributed by atoms with E-state index in [9.17, 15) is 9.59 Å². The van der Waals surface area contributed by atoms with Gasteiger partial charge in [0.2, 0.25) is 5.91 Å². The van der Waals surface area contributed by atoms with Crippen LogP contribution in [0.15, 0.2) is 48.8 Å². The highest BCUT2D eigenvalue weighted by atomic mass is 35.5. The molecule has 1 aromatic heterocycles. The van der Waals surface area contributed by atoms with Crippen LogP contribution in [-0.2, 0) is 14.3 Å². The lowest BCUT2D eigenvalue weighted by atomic mass is 9.96. The monoisotopic (exact) mass is 459 g/mol. The minimum Gasteiger partial charge on any atom is -0.490 e. The van der Waals surface area contributed by atoms with Gasteiger partial charge in [-0.2, -0.15) is 0 Å². The van der Waals surface area contributed by atoms with E-state index in [1.54, 1.807) is 58.6 Å². The Morgan fingerprint density at radius 1 is 1.09 bits per heavy atom. The Kier molecular flexibility index (Phi) is 7.24. The zero-order chi connectivity index (χ0) is 22.4. The van der Waals surface area contributed by atoms with Crippen LogP contribution in [0.1, 0.15) is 16.8 Å². The molecule has 4 rings (SSSR count). The fourth-order valence-electron chi connectivity index (χ4n) is 3.91.